The smallest absolute Gasteiger partial charge is 0.267 e. The van der Waals surface area contributed by atoms with Crippen LogP contribution in [0.4, 0.5) is 5.95 Å². The summed E-state index contributed by atoms with van der Waals surface area (Å²) >= 11 is 0. The molecule has 1 heterocycles. The van der Waals surface area contributed by atoms with E-state index in [0.29, 0.717) is 5.82 Å². The van der Waals surface area contributed by atoms with E-state index in [1.165, 1.54) is 13.2 Å². The maximum atomic E-state index is 12.3. The molecule has 19 heavy (non-hydrogen) atoms. The Kier molecular flexibility index (Phi) is 3.43. The Bertz CT molecular complexity index is 694. The average Bonchev–Trinajstić information content (AvgIpc) is 2.74. The standard InChI is InChI=1S/C11H14N4O3S/c1-7-4-5-9(18-3)10(6-7)19(16,17)15-11-12-8(2)13-14-11/h4-6H,1-3H3,(H2,12,13,14,15). The number of aromatic amines is 1. The predicted octanol–water partition coefficient (Wildman–Crippen LogP) is 1.23. The highest BCUT2D eigenvalue weighted by molar-refractivity contribution is 7.92. The van der Waals surface area contributed by atoms with Crippen molar-refractivity contribution in [3.63, 3.8) is 0 Å². The first-order chi connectivity index (χ1) is 8.92. The van der Waals surface area contributed by atoms with Crippen molar-refractivity contribution in [2.24, 2.45) is 0 Å². The number of methoxy groups -OCH3 is 1. The first kappa shape index (κ1) is 13.3. The zero-order valence-electron chi connectivity index (χ0n) is 10.8. The molecule has 0 saturated heterocycles. The van der Waals surface area contributed by atoms with Gasteiger partial charge in [0.2, 0.25) is 0 Å². The minimum absolute atomic E-state index is 0.000981. The van der Waals surface area contributed by atoms with Crippen LogP contribution in [0.15, 0.2) is 23.1 Å². The summed E-state index contributed by atoms with van der Waals surface area (Å²) in [6.07, 6.45) is 0. The van der Waals surface area contributed by atoms with E-state index in [0.717, 1.165) is 5.56 Å². The molecule has 8 heteroatoms. The second-order valence-corrected chi connectivity index (χ2v) is 5.66. The van der Waals surface area contributed by atoms with E-state index in [1.807, 2.05) is 0 Å². The van der Waals surface area contributed by atoms with Gasteiger partial charge < -0.3 is 4.74 Å². The first-order valence-corrected chi connectivity index (χ1v) is 6.97. The number of benzene rings is 1. The second kappa shape index (κ2) is 4.88. The Labute approximate surface area is 111 Å². The van der Waals surface area contributed by atoms with Crippen LogP contribution in [0.2, 0.25) is 0 Å². The molecule has 1 aromatic heterocycles. The number of aromatic nitrogens is 3. The zero-order valence-corrected chi connectivity index (χ0v) is 11.6. The third-order valence-electron chi connectivity index (χ3n) is 2.43. The Hall–Kier alpha value is -2.09. The molecule has 0 unspecified atom stereocenters. The van der Waals surface area contributed by atoms with Crippen LogP contribution < -0.4 is 9.46 Å². The normalized spacial score (nSPS) is 11.3. The molecule has 1 aromatic carbocycles. The van der Waals surface area contributed by atoms with E-state index in [4.69, 9.17) is 4.74 Å². The molecule has 0 saturated carbocycles. The molecule has 2 rings (SSSR count). The topological polar surface area (TPSA) is 97.0 Å². The molecule has 0 bridgehead atoms. The van der Waals surface area contributed by atoms with Gasteiger partial charge in [0.15, 0.2) is 0 Å². The van der Waals surface area contributed by atoms with Crippen molar-refractivity contribution >= 4 is 16.0 Å². The minimum atomic E-state index is -3.79. The number of nitrogens with one attached hydrogen (secondary N) is 2. The van der Waals surface area contributed by atoms with Crippen molar-refractivity contribution < 1.29 is 13.2 Å². The fourth-order valence-electron chi connectivity index (χ4n) is 1.56. The van der Waals surface area contributed by atoms with Crippen LogP contribution in [0.3, 0.4) is 0 Å². The molecule has 0 fully saturated rings. The summed E-state index contributed by atoms with van der Waals surface area (Å²) in [6.45, 7) is 3.48. The van der Waals surface area contributed by atoms with Gasteiger partial charge in [-0.1, -0.05) is 6.07 Å². The number of ether oxygens (including phenoxy) is 1. The lowest BCUT2D eigenvalue weighted by Crippen LogP contribution is -2.15. The van der Waals surface area contributed by atoms with Gasteiger partial charge in [-0.15, -0.1) is 5.10 Å². The van der Waals surface area contributed by atoms with Gasteiger partial charge in [0.1, 0.15) is 16.5 Å². The molecule has 0 aliphatic heterocycles. The van der Waals surface area contributed by atoms with Gasteiger partial charge in [0.05, 0.1) is 7.11 Å². The lowest BCUT2D eigenvalue weighted by atomic mass is 10.2. The highest BCUT2D eigenvalue weighted by Crippen LogP contribution is 2.25. The molecule has 0 spiro atoms. The third-order valence-corrected chi connectivity index (χ3v) is 3.78. The fourth-order valence-corrected chi connectivity index (χ4v) is 2.76. The monoisotopic (exact) mass is 282 g/mol. The number of hydrogen-bond donors (Lipinski definition) is 2. The third kappa shape index (κ3) is 2.84. The van der Waals surface area contributed by atoms with Crippen LogP contribution in [-0.2, 0) is 10.0 Å². The lowest BCUT2D eigenvalue weighted by molar-refractivity contribution is 0.402. The molecule has 0 atom stereocenters. The largest absolute Gasteiger partial charge is 0.495 e. The van der Waals surface area contributed by atoms with Crippen molar-refractivity contribution in [1.82, 2.24) is 15.2 Å². The van der Waals surface area contributed by atoms with Crippen LogP contribution in [0.5, 0.6) is 5.75 Å². The maximum Gasteiger partial charge on any atom is 0.267 e. The Balaban J connectivity index is 2.41. The van der Waals surface area contributed by atoms with Crippen LogP contribution >= 0.6 is 0 Å². The SMILES string of the molecule is COc1ccc(C)cc1S(=O)(=O)Nc1n[nH]c(C)n1. The highest BCUT2D eigenvalue weighted by Gasteiger charge is 2.21. The molecule has 2 N–H and O–H groups in total. The summed E-state index contributed by atoms with van der Waals surface area (Å²) in [7, 11) is -2.37. The van der Waals surface area contributed by atoms with E-state index in [-0.39, 0.29) is 16.6 Å². The summed E-state index contributed by atoms with van der Waals surface area (Å²) in [5.41, 5.74) is 0.812. The summed E-state index contributed by atoms with van der Waals surface area (Å²) in [5, 5.41) is 6.30. The summed E-state index contributed by atoms with van der Waals surface area (Å²) in [4.78, 5) is 3.95. The first-order valence-electron chi connectivity index (χ1n) is 5.49. The van der Waals surface area contributed by atoms with E-state index < -0.39 is 10.0 Å². The molecule has 0 aliphatic rings. The molecule has 7 nitrogen and oxygen atoms in total. The van der Waals surface area contributed by atoms with Crippen molar-refractivity contribution in [1.29, 1.82) is 0 Å². The summed E-state index contributed by atoms with van der Waals surface area (Å²) in [6, 6.07) is 4.91. The van der Waals surface area contributed by atoms with Crippen molar-refractivity contribution in [2.75, 3.05) is 11.8 Å². The molecule has 0 radical (unpaired) electrons. The van der Waals surface area contributed by atoms with Gasteiger partial charge in [-0.25, -0.2) is 13.1 Å². The van der Waals surface area contributed by atoms with E-state index in [9.17, 15) is 8.42 Å². The number of nitrogens with zero attached hydrogens (tertiary/aromatic N) is 2. The molecular formula is C11H14N4O3S. The van der Waals surface area contributed by atoms with Gasteiger partial charge in [0.25, 0.3) is 16.0 Å². The Morgan fingerprint density at radius 2 is 2.05 bits per heavy atom. The van der Waals surface area contributed by atoms with Gasteiger partial charge in [-0.05, 0) is 31.5 Å². The minimum Gasteiger partial charge on any atom is -0.495 e. The highest BCUT2D eigenvalue weighted by atomic mass is 32.2. The lowest BCUT2D eigenvalue weighted by Gasteiger charge is -2.10. The van der Waals surface area contributed by atoms with Crippen molar-refractivity contribution in [2.45, 2.75) is 18.7 Å². The van der Waals surface area contributed by atoms with Crippen LogP contribution in [-0.4, -0.2) is 30.7 Å². The molecular weight excluding hydrogens is 268 g/mol. The maximum absolute atomic E-state index is 12.3. The molecule has 2 aromatic rings. The number of rotatable bonds is 4. The molecule has 0 amide bonds. The van der Waals surface area contributed by atoms with E-state index in [1.54, 1.807) is 26.0 Å². The van der Waals surface area contributed by atoms with Crippen LogP contribution in [0.25, 0.3) is 0 Å². The zero-order chi connectivity index (χ0) is 14.0. The summed E-state index contributed by atoms with van der Waals surface area (Å²) in [5.74, 6) is 0.792. The van der Waals surface area contributed by atoms with Gasteiger partial charge in [0, 0.05) is 0 Å². The Morgan fingerprint density at radius 1 is 1.32 bits per heavy atom. The van der Waals surface area contributed by atoms with Crippen LogP contribution in [0, 0.1) is 13.8 Å². The number of anilines is 1. The number of sulfonamides is 1. The van der Waals surface area contributed by atoms with E-state index in [2.05, 4.69) is 19.9 Å². The average molecular weight is 282 g/mol. The summed E-state index contributed by atoms with van der Waals surface area (Å²) < 4.78 is 31.9. The fraction of sp³-hybridized carbons (Fsp3) is 0.273. The second-order valence-electron chi connectivity index (χ2n) is 4.00. The van der Waals surface area contributed by atoms with Crippen LogP contribution in [0.1, 0.15) is 11.4 Å². The van der Waals surface area contributed by atoms with Gasteiger partial charge >= 0.3 is 0 Å². The number of hydrogen-bond acceptors (Lipinski definition) is 5. The van der Waals surface area contributed by atoms with Crippen molar-refractivity contribution in [3.05, 3.63) is 29.6 Å². The molecule has 0 aliphatic carbocycles. The van der Waals surface area contributed by atoms with Gasteiger partial charge in [-0.3, -0.25) is 5.10 Å². The molecule has 102 valence electrons. The predicted molar refractivity (Wildman–Crippen MR) is 69.7 cm³/mol. The number of H-pyrrole nitrogens is 1. The van der Waals surface area contributed by atoms with Gasteiger partial charge in [-0.2, -0.15) is 4.98 Å². The van der Waals surface area contributed by atoms with E-state index >= 15 is 0 Å². The Morgan fingerprint density at radius 3 is 2.63 bits per heavy atom. The quantitative estimate of drug-likeness (QED) is 0.879. The number of aryl methyl sites for hydroxylation is 2. The van der Waals surface area contributed by atoms with Crippen molar-refractivity contribution in [3.8, 4) is 5.75 Å².